The number of aromatic nitrogens is 2. The molecular weight excluding hydrogens is 310 g/mol. The SMILES string of the molecule is NC(=O)C1CN(C(=O)c2c[nH]c(=O)[nH]2)CCN1Cc1ccccc1. The monoisotopic (exact) mass is 329 g/mol. The van der Waals surface area contributed by atoms with Crippen LogP contribution in [0.25, 0.3) is 0 Å². The van der Waals surface area contributed by atoms with E-state index in [9.17, 15) is 14.4 Å². The second-order valence-electron chi connectivity index (χ2n) is 5.78. The summed E-state index contributed by atoms with van der Waals surface area (Å²) in [6, 6.07) is 9.23. The summed E-state index contributed by atoms with van der Waals surface area (Å²) in [5, 5.41) is 0. The molecule has 126 valence electrons. The molecule has 4 N–H and O–H groups in total. The molecule has 1 atom stereocenters. The first-order chi connectivity index (χ1) is 11.5. The highest BCUT2D eigenvalue weighted by Crippen LogP contribution is 2.15. The number of nitrogens with zero attached hydrogens (tertiary/aromatic N) is 2. The van der Waals surface area contributed by atoms with Gasteiger partial charge in [-0.3, -0.25) is 14.5 Å². The third-order valence-corrected chi connectivity index (χ3v) is 4.16. The number of nitrogens with one attached hydrogen (secondary N) is 2. The molecule has 8 heteroatoms. The lowest BCUT2D eigenvalue weighted by atomic mass is 10.1. The van der Waals surface area contributed by atoms with Gasteiger partial charge in [0.2, 0.25) is 5.91 Å². The lowest BCUT2D eigenvalue weighted by Gasteiger charge is -2.39. The van der Waals surface area contributed by atoms with Crippen LogP contribution in [0.5, 0.6) is 0 Å². The third kappa shape index (κ3) is 3.38. The molecule has 1 saturated heterocycles. The van der Waals surface area contributed by atoms with Crippen LogP contribution < -0.4 is 11.4 Å². The minimum Gasteiger partial charge on any atom is -0.368 e. The van der Waals surface area contributed by atoms with Gasteiger partial charge in [-0.15, -0.1) is 0 Å². The molecule has 8 nitrogen and oxygen atoms in total. The minimum atomic E-state index is -0.562. The van der Waals surface area contributed by atoms with Gasteiger partial charge in [0.1, 0.15) is 11.7 Å². The average Bonchev–Trinajstić information content (AvgIpc) is 3.02. The molecule has 1 unspecified atom stereocenters. The highest BCUT2D eigenvalue weighted by atomic mass is 16.2. The Balaban J connectivity index is 1.72. The van der Waals surface area contributed by atoms with E-state index in [1.807, 2.05) is 35.2 Å². The zero-order chi connectivity index (χ0) is 17.1. The fourth-order valence-electron chi connectivity index (χ4n) is 2.90. The van der Waals surface area contributed by atoms with E-state index in [4.69, 9.17) is 5.73 Å². The number of carbonyl (C=O) groups is 2. The van der Waals surface area contributed by atoms with Gasteiger partial charge in [-0.1, -0.05) is 30.3 Å². The Morgan fingerprint density at radius 2 is 1.96 bits per heavy atom. The molecule has 1 aromatic carbocycles. The molecule has 1 aliphatic heterocycles. The molecule has 2 amide bonds. The maximum Gasteiger partial charge on any atom is 0.323 e. The van der Waals surface area contributed by atoms with E-state index in [0.717, 1.165) is 5.56 Å². The van der Waals surface area contributed by atoms with Crippen molar-refractivity contribution < 1.29 is 9.59 Å². The minimum absolute atomic E-state index is 0.180. The zero-order valence-corrected chi connectivity index (χ0v) is 13.1. The molecule has 1 aliphatic rings. The topological polar surface area (TPSA) is 115 Å². The zero-order valence-electron chi connectivity index (χ0n) is 13.1. The Hall–Kier alpha value is -2.87. The van der Waals surface area contributed by atoms with E-state index < -0.39 is 17.6 Å². The molecular formula is C16H19N5O3. The summed E-state index contributed by atoms with van der Waals surface area (Å²) in [4.78, 5) is 43.7. The van der Waals surface area contributed by atoms with Crippen molar-refractivity contribution in [2.45, 2.75) is 12.6 Å². The van der Waals surface area contributed by atoms with Crippen molar-refractivity contribution >= 4 is 11.8 Å². The van der Waals surface area contributed by atoms with Crippen LogP contribution in [0.15, 0.2) is 41.3 Å². The number of H-pyrrole nitrogens is 2. The molecule has 0 aliphatic carbocycles. The molecule has 1 aromatic heterocycles. The van der Waals surface area contributed by atoms with Gasteiger partial charge < -0.3 is 20.6 Å². The number of piperazine rings is 1. The lowest BCUT2D eigenvalue weighted by molar-refractivity contribution is -0.125. The Morgan fingerprint density at radius 1 is 1.21 bits per heavy atom. The van der Waals surface area contributed by atoms with E-state index in [1.165, 1.54) is 11.1 Å². The van der Waals surface area contributed by atoms with Crippen LogP contribution in [0, 0.1) is 0 Å². The first-order valence-electron chi connectivity index (χ1n) is 7.69. The number of imidazole rings is 1. The molecule has 1 fully saturated rings. The smallest absolute Gasteiger partial charge is 0.323 e. The van der Waals surface area contributed by atoms with Crippen LogP contribution in [0.3, 0.4) is 0 Å². The van der Waals surface area contributed by atoms with Crippen LogP contribution in [0.2, 0.25) is 0 Å². The standard InChI is InChI=1S/C16H19N5O3/c17-14(22)13-10-21(15(23)12-8-18-16(24)19-12)7-6-20(13)9-11-4-2-1-3-5-11/h1-5,8,13H,6-7,9-10H2,(H2,17,22)(H2,18,19,24). The van der Waals surface area contributed by atoms with E-state index in [-0.39, 0.29) is 18.1 Å². The number of carbonyl (C=O) groups excluding carboxylic acids is 2. The largest absolute Gasteiger partial charge is 0.368 e. The fraction of sp³-hybridized carbons (Fsp3) is 0.312. The van der Waals surface area contributed by atoms with E-state index in [1.54, 1.807) is 0 Å². The molecule has 0 spiro atoms. The molecule has 2 aromatic rings. The summed E-state index contributed by atoms with van der Waals surface area (Å²) in [5.41, 5.74) is 6.36. The molecule has 2 heterocycles. The summed E-state index contributed by atoms with van der Waals surface area (Å²) in [6.45, 7) is 1.79. The van der Waals surface area contributed by atoms with Gasteiger partial charge >= 0.3 is 5.69 Å². The van der Waals surface area contributed by atoms with Crippen molar-refractivity contribution in [1.29, 1.82) is 0 Å². The molecule has 3 rings (SSSR count). The van der Waals surface area contributed by atoms with Gasteiger partial charge in [0.25, 0.3) is 5.91 Å². The van der Waals surface area contributed by atoms with Crippen molar-refractivity contribution in [2.24, 2.45) is 5.73 Å². The van der Waals surface area contributed by atoms with Crippen LogP contribution >= 0.6 is 0 Å². The van der Waals surface area contributed by atoms with E-state index in [0.29, 0.717) is 19.6 Å². The Morgan fingerprint density at radius 3 is 2.58 bits per heavy atom. The lowest BCUT2D eigenvalue weighted by Crippen LogP contribution is -2.58. The Kier molecular flexibility index (Phi) is 4.48. The van der Waals surface area contributed by atoms with Gasteiger partial charge in [-0.05, 0) is 5.56 Å². The highest BCUT2D eigenvalue weighted by Gasteiger charge is 2.33. The summed E-state index contributed by atoms with van der Waals surface area (Å²) < 4.78 is 0. The molecule has 0 saturated carbocycles. The Labute approximate surface area is 138 Å². The van der Waals surface area contributed by atoms with Gasteiger partial charge in [0.15, 0.2) is 0 Å². The van der Waals surface area contributed by atoms with Crippen LogP contribution in [0.4, 0.5) is 0 Å². The fourth-order valence-corrected chi connectivity index (χ4v) is 2.90. The number of aromatic amines is 2. The summed E-state index contributed by atoms with van der Waals surface area (Å²) in [7, 11) is 0. The first-order valence-corrected chi connectivity index (χ1v) is 7.69. The van der Waals surface area contributed by atoms with Gasteiger partial charge in [0, 0.05) is 32.4 Å². The number of hydrogen-bond donors (Lipinski definition) is 3. The van der Waals surface area contributed by atoms with Crippen LogP contribution in [-0.2, 0) is 11.3 Å². The average molecular weight is 329 g/mol. The van der Waals surface area contributed by atoms with Crippen molar-refractivity contribution in [3.05, 3.63) is 58.3 Å². The maximum absolute atomic E-state index is 12.4. The van der Waals surface area contributed by atoms with Crippen molar-refractivity contribution in [2.75, 3.05) is 19.6 Å². The number of amides is 2. The second kappa shape index (κ2) is 6.71. The number of benzene rings is 1. The van der Waals surface area contributed by atoms with E-state index >= 15 is 0 Å². The van der Waals surface area contributed by atoms with Crippen LogP contribution in [0.1, 0.15) is 16.1 Å². The second-order valence-corrected chi connectivity index (χ2v) is 5.78. The first kappa shape index (κ1) is 16.0. The highest BCUT2D eigenvalue weighted by molar-refractivity contribution is 5.92. The van der Waals surface area contributed by atoms with Crippen LogP contribution in [-0.4, -0.2) is 57.3 Å². The summed E-state index contributed by atoms with van der Waals surface area (Å²) in [5.74, 6) is -0.787. The number of nitrogens with two attached hydrogens (primary N) is 1. The predicted molar refractivity (Wildman–Crippen MR) is 87.2 cm³/mol. The summed E-state index contributed by atoms with van der Waals surface area (Å²) >= 11 is 0. The Bertz CT molecular complexity index is 782. The number of primary amides is 1. The summed E-state index contributed by atoms with van der Waals surface area (Å²) in [6.07, 6.45) is 1.33. The van der Waals surface area contributed by atoms with Crippen molar-refractivity contribution in [3.8, 4) is 0 Å². The van der Waals surface area contributed by atoms with Gasteiger partial charge in [0.05, 0.1) is 0 Å². The number of rotatable bonds is 4. The maximum atomic E-state index is 12.4. The van der Waals surface area contributed by atoms with E-state index in [2.05, 4.69) is 9.97 Å². The predicted octanol–water partition coefficient (Wildman–Crippen LogP) is -0.485. The molecule has 24 heavy (non-hydrogen) atoms. The van der Waals surface area contributed by atoms with Gasteiger partial charge in [-0.25, -0.2) is 4.79 Å². The molecule has 0 bridgehead atoms. The third-order valence-electron chi connectivity index (χ3n) is 4.16. The normalized spacial score (nSPS) is 18.5. The quantitative estimate of drug-likeness (QED) is 0.702. The van der Waals surface area contributed by atoms with Gasteiger partial charge in [-0.2, -0.15) is 0 Å². The van der Waals surface area contributed by atoms with Crippen molar-refractivity contribution in [1.82, 2.24) is 19.8 Å². The van der Waals surface area contributed by atoms with Crippen molar-refractivity contribution in [3.63, 3.8) is 0 Å². The number of hydrogen-bond acceptors (Lipinski definition) is 4. The molecule has 0 radical (unpaired) electrons.